The van der Waals surface area contributed by atoms with E-state index in [1.807, 2.05) is 0 Å². The quantitative estimate of drug-likeness (QED) is 0.529. The first kappa shape index (κ1) is 5.54. The molecule has 1 aromatic heterocycles. The summed E-state index contributed by atoms with van der Waals surface area (Å²) < 4.78 is 5.02. The van der Waals surface area contributed by atoms with Crippen molar-refractivity contribution in [2.45, 2.75) is 6.42 Å². The molecule has 0 amide bonds. The molecule has 1 aromatic rings. The largest absolute Gasteiger partial charge is 0.471 e. The first-order valence-corrected chi connectivity index (χ1v) is 3.36. The molecule has 1 aliphatic carbocycles. The van der Waals surface area contributed by atoms with E-state index in [1.54, 1.807) is 12.5 Å². The first-order valence-electron chi connectivity index (χ1n) is 3.36. The fraction of sp³-hybridized carbons (Fsp3) is 0.111. The number of furan rings is 1. The van der Waals surface area contributed by atoms with Crippen LogP contribution < -0.4 is 0 Å². The molecule has 2 rings (SSSR count). The Balaban J connectivity index is 2.56. The van der Waals surface area contributed by atoms with E-state index < -0.39 is 0 Å². The van der Waals surface area contributed by atoms with E-state index >= 15 is 0 Å². The third kappa shape index (κ3) is 0.798. The summed E-state index contributed by atoms with van der Waals surface area (Å²) in [4.78, 5) is 0. The van der Waals surface area contributed by atoms with E-state index in [4.69, 9.17) is 4.42 Å². The van der Waals surface area contributed by atoms with E-state index in [0.29, 0.717) is 0 Å². The lowest BCUT2D eigenvalue weighted by atomic mass is 10.2. The van der Waals surface area contributed by atoms with Gasteiger partial charge in [0.25, 0.3) is 0 Å². The number of hydrogen-bond donors (Lipinski definition) is 0. The number of hydrogen-bond acceptors (Lipinski definition) is 1. The lowest BCUT2D eigenvalue weighted by Gasteiger charge is -1.82. The average Bonchev–Trinajstić information content (AvgIpc) is 2.28. The summed E-state index contributed by atoms with van der Waals surface area (Å²) in [6, 6.07) is 0. The Labute approximate surface area is 59.7 Å². The molecular weight excluding hydrogens is 124 g/mol. The Morgan fingerprint density at radius 3 is 2.20 bits per heavy atom. The summed E-state index contributed by atoms with van der Waals surface area (Å²) >= 11 is 0. The fourth-order valence-corrected chi connectivity index (χ4v) is 1.06. The van der Waals surface area contributed by atoms with Crippen LogP contribution in [0.2, 0.25) is 0 Å². The van der Waals surface area contributed by atoms with Crippen molar-refractivity contribution in [1.82, 2.24) is 0 Å². The lowest BCUT2D eigenvalue weighted by molar-refractivity contribution is 0.566. The highest BCUT2D eigenvalue weighted by Crippen LogP contribution is 2.17. The van der Waals surface area contributed by atoms with Crippen molar-refractivity contribution in [3.63, 3.8) is 0 Å². The maximum atomic E-state index is 5.02. The van der Waals surface area contributed by atoms with Crippen molar-refractivity contribution in [3.8, 4) is 0 Å². The maximum absolute atomic E-state index is 5.02. The monoisotopic (exact) mass is 132 g/mol. The van der Waals surface area contributed by atoms with Crippen molar-refractivity contribution in [2.24, 2.45) is 0 Å². The van der Waals surface area contributed by atoms with E-state index in [0.717, 1.165) is 6.42 Å². The highest BCUT2D eigenvalue weighted by Gasteiger charge is 1.98. The van der Waals surface area contributed by atoms with Gasteiger partial charge < -0.3 is 4.42 Å². The fourth-order valence-electron chi connectivity index (χ4n) is 1.06. The smallest absolute Gasteiger partial charge is 0.0981 e. The van der Waals surface area contributed by atoms with Crippen LogP contribution in [0, 0.1) is 0 Å². The zero-order chi connectivity index (χ0) is 6.81. The second kappa shape index (κ2) is 2.18. The molecule has 0 saturated carbocycles. The van der Waals surface area contributed by atoms with Crippen LogP contribution in [0.5, 0.6) is 0 Å². The van der Waals surface area contributed by atoms with Crippen LogP contribution in [0.25, 0.3) is 12.2 Å². The molecule has 0 radical (unpaired) electrons. The van der Waals surface area contributed by atoms with Gasteiger partial charge in [0, 0.05) is 11.1 Å². The van der Waals surface area contributed by atoms with Crippen LogP contribution in [0.15, 0.2) is 29.1 Å². The summed E-state index contributed by atoms with van der Waals surface area (Å²) in [6.07, 6.45) is 13.0. The third-order valence-electron chi connectivity index (χ3n) is 1.59. The van der Waals surface area contributed by atoms with Gasteiger partial charge in [-0.2, -0.15) is 0 Å². The molecule has 0 aliphatic heterocycles. The summed E-state index contributed by atoms with van der Waals surface area (Å²) in [5.41, 5.74) is 2.35. The third-order valence-corrected chi connectivity index (χ3v) is 1.59. The molecule has 1 nitrogen and oxygen atoms in total. The topological polar surface area (TPSA) is 13.1 Å². The van der Waals surface area contributed by atoms with E-state index in [-0.39, 0.29) is 0 Å². The summed E-state index contributed by atoms with van der Waals surface area (Å²) in [6.45, 7) is 0. The van der Waals surface area contributed by atoms with Crippen LogP contribution in [0.4, 0.5) is 0 Å². The van der Waals surface area contributed by atoms with Gasteiger partial charge in [-0.25, -0.2) is 0 Å². The number of rotatable bonds is 0. The van der Waals surface area contributed by atoms with Crippen molar-refractivity contribution >= 4 is 12.2 Å². The van der Waals surface area contributed by atoms with Crippen molar-refractivity contribution in [2.75, 3.05) is 0 Å². The van der Waals surface area contributed by atoms with Gasteiger partial charge in [0.15, 0.2) is 0 Å². The van der Waals surface area contributed by atoms with Crippen LogP contribution in [0.3, 0.4) is 0 Å². The molecule has 0 spiro atoms. The van der Waals surface area contributed by atoms with Gasteiger partial charge in [0.05, 0.1) is 12.5 Å². The second-order valence-electron chi connectivity index (χ2n) is 2.32. The van der Waals surface area contributed by atoms with Gasteiger partial charge in [0.1, 0.15) is 0 Å². The molecule has 0 saturated heterocycles. The van der Waals surface area contributed by atoms with Crippen molar-refractivity contribution in [3.05, 3.63) is 35.8 Å². The van der Waals surface area contributed by atoms with Gasteiger partial charge in [-0.05, 0) is 6.42 Å². The van der Waals surface area contributed by atoms with E-state index in [2.05, 4.69) is 24.3 Å². The van der Waals surface area contributed by atoms with Gasteiger partial charge in [0.2, 0.25) is 0 Å². The maximum Gasteiger partial charge on any atom is 0.0981 e. The zero-order valence-electron chi connectivity index (χ0n) is 5.58. The number of fused-ring (bicyclic) bond motifs is 1. The van der Waals surface area contributed by atoms with Crippen LogP contribution in [-0.4, -0.2) is 0 Å². The average molecular weight is 132 g/mol. The Morgan fingerprint density at radius 1 is 1.00 bits per heavy atom. The Hall–Kier alpha value is -1.24. The predicted octanol–water partition coefficient (Wildman–Crippen LogP) is 2.71. The minimum atomic E-state index is 1.02. The minimum Gasteiger partial charge on any atom is -0.471 e. The summed E-state index contributed by atoms with van der Waals surface area (Å²) in [7, 11) is 0. The Kier molecular flexibility index (Phi) is 1.21. The molecule has 0 N–H and O–H groups in total. The Morgan fingerprint density at radius 2 is 1.60 bits per heavy atom. The van der Waals surface area contributed by atoms with E-state index in [1.165, 1.54) is 11.1 Å². The molecule has 0 atom stereocenters. The van der Waals surface area contributed by atoms with Crippen molar-refractivity contribution in [1.29, 1.82) is 0 Å². The molecule has 0 aromatic carbocycles. The molecule has 0 fully saturated rings. The number of allylic oxidation sites excluding steroid dienone is 2. The molecule has 1 heteroatoms. The summed E-state index contributed by atoms with van der Waals surface area (Å²) in [5.74, 6) is 0. The van der Waals surface area contributed by atoms with Gasteiger partial charge >= 0.3 is 0 Å². The molecule has 1 aliphatic rings. The van der Waals surface area contributed by atoms with Crippen molar-refractivity contribution < 1.29 is 4.42 Å². The first-order chi connectivity index (χ1) is 4.97. The SMILES string of the molecule is C1=Cc2cocc2C=CC1. The minimum absolute atomic E-state index is 1.02. The predicted molar refractivity (Wildman–Crippen MR) is 41.4 cm³/mol. The van der Waals surface area contributed by atoms with Gasteiger partial charge in [-0.1, -0.05) is 24.3 Å². The molecule has 50 valence electrons. The molecule has 1 heterocycles. The highest BCUT2D eigenvalue weighted by atomic mass is 16.3. The van der Waals surface area contributed by atoms with Crippen LogP contribution >= 0.6 is 0 Å². The molecule has 10 heavy (non-hydrogen) atoms. The standard InChI is InChI=1S/C9H8O/c1-2-4-8-6-10-7-9(8)5-3-1/h2-7H,1H2. The van der Waals surface area contributed by atoms with Crippen LogP contribution in [-0.2, 0) is 0 Å². The highest BCUT2D eigenvalue weighted by molar-refractivity contribution is 5.65. The second-order valence-corrected chi connectivity index (χ2v) is 2.32. The lowest BCUT2D eigenvalue weighted by Crippen LogP contribution is -1.66. The normalized spacial score (nSPS) is 14.8. The van der Waals surface area contributed by atoms with Crippen LogP contribution in [0.1, 0.15) is 17.5 Å². The van der Waals surface area contributed by atoms with Gasteiger partial charge in [-0.15, -0.1) is 0 Å². The van der Waals surface area contributed by atoms with E-state index in [9.17, 15) is 0 Å². The summed E-state index contributed by atoms with van der Waals surface area (Å²) in [5, 5.41) is 0. The van der Waals surface area contributed by atoms with Gasteiger partial charge in [-0.3, -0.25) is 0 Å². The molecule has 0 unspecified atom stereocenters. The Bertz CT molecular complexity index is 252. The molecular formula is C9H8O. The zero-order valence-corrected chi connectivity index (χ0v) is 5.58. The molecule has 0 bridgehead atoms.